The largest absolute Gasteiger partial charge is 0.426 e. The van der Waals surface area contributed by atoms with E-state index in [9.17, 15) is 13.2 Å². The summed E-state index contributed by atoms with van der Waals surface area (Å²) in [5.74, 6) is -0.0212. The average Bonchev–Trinajstić information content (AvgIpc) is 3.01. The number of carbonyl (C=O) groups is 1. The second kappa shape index (κ2) is 7.96. The van der Waals surface area contributed by atoms with Crippen LogP contribution in [-0.4, -0.2) is 20.9 Å². The van der Waals surface area contributed by atoms with Crippen LogP contribution in [0.15, 0.2) is 41.3 Å². The Hall–Kier alpha value is -1.60. The highest BCUT2D eigenvalue weighted by atomic mass is 35.5. The van der Waals surface area contributed by atoms with Crippen molar-refractivity contribution in [2.75, 3.05) is 6.54 Å². The van der Waals surface area contributed by atoms with E-state index in [4.69, 9.17) is 27.9 Å². The maximum Gasteiger partial charge on any atom is 0.312 e. The van der Waals surface area contributed by atoms with Gasteiger partial charge in [-0.15, -0.1) is 0 Å². The van der Waals surface area contributed by atoms with Crippen molar-refractivity contribution < 1.29 is 17.9 Å². The Labute approximate surface area is 162 Å². The minimum absolute atomic E-state index is 0.0192. The summed E-state index contributed by atoms with van der Waals surface area (Å²) in [6.45, 7) is -0.0922. The molecule has 0 spiro atoms. The summed E-state index contributed by atoms with van der Waals surface area (Å²) >= 11 is 11.7. The second-order valence-corrected chi connectivity index (χ2v) is 8.56. The lowest BCUT2D eigenvalue weighted by Crippen LogP contribution is -2.27. The highest BCUT2D eigenvalue weighted by Crippen LogP contribution is 2.26. The molecule has 5 nitrogen and oxygen atoms in total. The van der Waals surface area contributed by atoms with E-state index in [0.717, 1.165) is 19.3 Å². The molecular weight excluding hydrogens is 397 g/mol. The van der Waals surface area contributed by atoms with Gasteiger partial charge in [0.25, 0.3) is 0 Å². The van der Waals surface area contributed by atoms with Gasteiger partial charge >= 0.3 is 5.97 Å². The number of hydrogen-bond acceptors (Lipinski definition) is 4. The van der Waals surface area contributed by atoms with Gasteiger partial charge in [0.1, 0.15) is 10.6 Å². The van der Waals surface area contributed by atoms with Crippen LogP contribution in [0, 0.1) is 0 Å². The van der Waals surface area contributed by atoms with Crippen LogP contribution in [0.1, 0.15) is 24.0 Å². The van der Waals surface area contributed by atoms with E-state index in [2.05, 4.69) is 4.72 Å². The molecule has 1 aliphatic carbocycles. The molecular formula is C18H17Cl2NO4S. The van der Waals surface area contributed by atoms with Crippen LogP contribution in [0.4, 0.5) is 0 Å². The van der Waals surface area contributed by atoms with Crippen LogP contribution < -0.4 is 9.46 Å². The Bertz CT molecular complexity index is 944. The molecule has 0 atom stereocenters. The van der Waals surface area contributed by atoms with E-state index in [1.807, 2.05) is 12.1 Å². The molecule has 2 aromatic carbocycles. The lowest BCUT2D eigenvalue weighted by Gasteiger charge is -2.09. The Morgan fingerprint density at radius 1 is 1.08 bits per heavy atom. The van der Waals surface area contributed by atoms with Crippen LogP contribution in [0.5, 0.6) is 5.75 Å². The van der Waals surface area contributed by atoms with Crippen LogP contribution in [0.25, 0.3) is 0 Å². The zero-order valence-corrected chi connectivity index (χ0v) is 16.1. The number of rotatable bonds is 6. The van der Waals surface area contributed by atoms with Crippen LogP contribution in [-0.2, 0) is 27.7 Å². The fourth-order valence-corrected chi connectivity index (χ4v) is 4.65. The quantitative estimate of drug-likeness (QED) is 0.577. The number of benzene rings is 2. The Balaban J connectivity index is 1.54. The highest BCUT2D eigenvalue weighted by Gasteiger charge is 2.19. The lowest BCUT2D eigenvalue weighted by molar-refractivity contribution is -0.134. The Morgan fingerprint density at radius 3 is 2.62 bits per heavy atom. The molecule has 0 radical (unpaired) electrons. The molecule has 0 aromatic heterocycles. The maximum atomic E-state index is 12.2. The first-order valence-corrected chi connectivity index (χ1v) is 10.4. The monoisotopic (exact) mass is 413 g/mol. The number of sulfonamides is 1. The normalized spacial score (nSPS) is 13.5. The molecule has 2 aromatic rings. The van der Waals surface area contributed by atoms with Crippen LogP contribution in [0.3, 0.4) is 0 Å². The number of hydrogen-bond donors (Lipinski definition) is 1. The highest BCUT2D eigenvalue weighted by molar-refractivity contribution is 7.89. The third-order valence-corrected chi connectivity index (χ3v) is 6.29. The number of fused-ring (bicyclic) bond motifs is 1. The van der Waals surface area contributed by atoms with Gasteiger partial charge < -0.3 is 4.74 Å². The van der Waals surface area contributed by atoms with E-state index in [-0.39, 0.29) is 22.9 Å². The minimum atomic E-state index is -3.83. The standard InChI is InChI=1S/C18H17Cl2NO4S/c19-14-5-7-17(16(20)11-14)26(23,24)21-9-8-18(22)25-15-6-4-12-2-1-3-13(12)10-15/h4-7,10-11,21H,1-3,8-9H2. The van der Waals surface area contributed by atoms with E-state index < -0.39 is 16.0 Å². The van der Waals surface area contributed by atoms with Crippen molar-refractivity contribution in [2.45, 2.75) is 30.6 Å². The predicted octanol–water partition coefficient (Wildman–Crippen LogP) is 3.76. The summed E-state index contributed by atoms with van der Waals surface area (Å²) in [6.07, 6.45) is 3.06. The number of halogens is 2. The van der Waals surface area contributed by atoms with Crippen molar-refractivity contribution in [1.82, 2.24) is 4.72 Å². The van der Waals surface area contributed by atoms with Gasteiger partial charge in [0, 0.05) is 11.6 Å². The number of aryl methyl sites for hydroxylation is 2. The minimum Gasteiger partial charge on any atom is -0.426 e. The topological polar surface area (TPSA) is 72.5 Å². The van der Waals surface area contributed by atoms with Crippen molar-refractivity contribution in [3.8, 4) is 5.75 Å². The molecule has 138 valence electrons. The molecule has 1 aliphatic rings. The maximum absolute atomic E-state index is 12.2. The predicted molar refractivity (Wildman–Crippen MR) is 100 cm³/mol. The summed E-state index contributed by atoms with van der Waals surface area (Å²) in [7, 11) is -3.83. The van der Waals surface area contributed by atoms with Gasteiger partial charge in [-0.05, 0) is 60.7 Å². The van der Waals surface area contributed by atoms with Gasteiger partial charge in [-0.3, -0.25) is 4.79 Å². The van der Waals surface area contributed by atoms with Crippen LogP contribution >= 0.6 is 23.2 Å². The summed E-state index contributed by atoms with van der Waals surface area (Å²) in [4.78, 5) is 11.9. The first kappa shape index (κ1) is 19.2. The first-order chi connectivity index (χ1) is 12.3. The van der Waals surface area contributed by atoms with Gasteiger partial charge in [-0.25, -0.2) is 13.1 Å². The fourth-order valence-electron chi connectivity index (χ4n) is 2.85. The zero-order chi connectivity index (χ0) is 18.7. The zero-order valence-electron chi connectivity index (χ0n) is 13.8. The van der Waals surface area contributed by atoms with Crippen molar-refractivity contribution in [3.05, 3.63) is 57.6 Å². The van der Waals surface area contributed by atoms with E-state index in [0.29, 0.717) is 10.8 Å². The molecule has 1 N–H and O–H groups in total. The summed E-state index contributed by atoms with van der Waals surface area (Å²) < 4.78 is 32.1. The summed E-state index contributed by atoms with van der Waals surface area (Å²) in [5, 5.41) is 0.359. The molecule has 0 unspecified atom stereocenters. The molecule has 0 saturated carbocycles. The molecule has 0 saturated heterocycles. The van der Waals surface area contributed by atoms with Crippen LogP contribution in [0.2, 0.25) is 10.0 Å². The number of ether oxygens (including phenoxy) is 1. The molecule has 0 amide bonds. The summed E-state index contributed by atoms with van der Waals surface area (Å²) in [5.41, 5.74) is 2.49. The number of carbonyl (C=O) groups excluding carboxylic acids is 1. The lowest BCUT2D eigenvalue weighted by atomic mass is 10.1. The van der Waals surface area contributed by atoms with Gasteiger partial charge in [0.2, 0.25) is 10.0 Å². The molecule has 0 aliphatic heterocycles. The van der Waals surface area contributed by atoms with Gasteiger partial charge in [0.15, 0.2) is 0 Å². The van der Waals surface area contributed by atoms with Gasteiger partial charge in [0.05, 0.1) is 11.4 Å². The third kappa shape index (κ3) is 4.57. The van der Waals surface area contributed by atoms with E-state index in [1.165, 1.54) is 29.3 Å². The fraction of sp³-hybridized carbons (Fsp3) is 0.278. The van der Waals surface area contributed by atoms with Crippen molar-refractivity contribution in [3.63, 3.8) is 0 Å². The van der Waals surface area contributed by atoms with Gasteiger partial charge in [-0.1, -0.05) is 29.3 Å². The third-order valence-electron chi connectivity index (χ3n) is 4.11. The Kier molecular flexibility index (Phi) is 5.87. The van der Waals surface area contributed by atoms with Crippen molar-refractivity contribution in [2.24, 2.45) is 0 Å². The van der Waals surface area contributed by atoms with Crippen molar-refractivity contribution >= 4 is 39.2 Å². The summed E-state index contributed by atoms with van der Waals surface area (Å²) in [6, 6.07) is 9.70. The smallest absolute Gasteiger partial charge is 0.312 e. The average molecular weight is 414 g/mol. The van der Waals surface area contributed by atoms with Crippen molar-refractivity contribution in [1.29, 1.82) is 0 Å². The number of esters is 1. The molecule has 3 rings (SSSR count). The molecule has 0 fully saturated rings. The second-order valence-electron chi connectivity index (χ2n) is 5.98. The van der Waals surface area contributed by atoms with E-state index in [1.54, 1.807) is 6.07 Å². The van der Waals surface area contributed by atoms with Gasteiger partial charge in [-0.2, -0.15) is 0 Å². The Morgan fingerprint density at radius 2 is 1.85 bits per heavy atom. The van der Waals surface area contributed by atoms with E-state index >= 15 is 0 Å². The SMILES string of the molecule is O=C(CCNS(=O)(=O)c1ccc(Cl)cc1Cl)Oc1ccc2c(c1)CCC2. The molecule has 26 heavy (non-hydrogen) atoms. The first-order valence-electron chi connectivity index (χ1n) is 8.12. The molecule has 0 heterocycles. The molecule has 8 heteroatoms. The number of nitrogens with one attached hydrogen (secondary N) is 1. The molecule has 0 bridgehead atoms.